The van der Waals surface area contributed by atoms with E-state index in [1.54, 1.807) is 16.8 Å². The maximum Gasteiger partial charge on any atom is 0.169 e. The lowest BCUT2D eigenvalue weighted by molar-refractivity contribution is -0.692. The number of rotatable bonds is 4. The van der Waals surface area contributed by atoms with Crippen LogP contribution in [0.15, 0.2) is 36.7 Å². The summed E-state index contributed by atoms with van der Waals surface area (Å²) < 4.78 is 2.17. The quantitative estimate of drug-likeness (QED) is 0.659. The largest absolute Gasteiger partial charge is 0.371 e. The fourth-order valence-electron chi connectivity index (χ4n) is 3.96. The molecule has 0 N–H and O–H groups in total. The Kier molecular flexibility index (Phi) is 4.61. The topological polar surface area (TPSA) is 7.12 Å². The lowest BCUT2D eigenvalue weighted by Gasteiger charge is -2.37. The summed E-state index contributed by atoms with van der Waals surface area (Å²) in [5, 5.41) is 0. The van der Waals surface area contributed by atoms with Crippen molar-refractivity contribution < 1.29 is 4.57 Å². The molecule has 2 nitrogen and oxygen atoms in total. The van der Waals surface area contributed by atoms with Gasteiger partial charge in [0.2, 0.25) is 0 Å². The zero-order chi connectivity index (χ0) is 16.4. The van der Waals surface area contributed by atoms with E-state index >= 15 is 0 Å². The van der Waals surface area contributed by atoms with E-state index in [1.807, 2.05) is 0 Å². The Morgan fingerprint density at radius 2 is 1.58 bits per heavy atom. The van der Waals surface area contributed by atoms with E-state index in [4.69, 9.17) is 0 Å². The first-order valence-electron chi connectivity index (χ1n) is 9.02. The number of aromatic nitrogens is 1. The second kappa shape index (κ2) is 7.02. The number of hydrogen-bond acceptors (Lipinski definition) is 2. The molecule has 0 aliphatic carbocycles. The summed E-state index contributed by atoms with van der Waals surface area (Å²) in [5.74, 6) is 0.870. The zero-order valence-electron chi connectivity index (χ0n) is 14.1. The number of anilines is 1. The molecule has 24 heavy (non-hydrogen) atoms. The van der Waals surface area contributed by atoms with E-state index in [-0.39, 0.29) is 0 Å². The molecule has 0 radical (unpaired) electrons. The predicted molar refractivity (Wildman–Crippen MR) is 105 cm³/mol. The minimum atomic E-state index is 0.870. The van der Waals surface area contributed by atoms with Gasteiger partial charge in [-0.3, -0.25) is 0 Å². The summed E-state index contributed by atoms with van der Waals surface area (Å²) in [7, 11) is 0. The van der Waals surface area contributed by atoms with Crippen LogP contribution in [0, 0.1) is 0 Å². The Hall–Kier alpha value is -1.74. The Labute approximate surface area is 150 Å². The normalized spacial score (nSPS) is 16.5. The van der Waals surface area contributed by atoms with Crippen LogP contribution in [0.4, 0.5) is 5.69 Å². The molecule has 3 heterocycles. The van der Waals surface area contributed by atoms with Gasteiger partial charge in [-0.25, -0.2) is 4.57 Å². The van der Waals surface area contributed by atoms with Crippen LogP contribution in [-0.2, 0) is 19.4 Å². The fraction of sp³-hybridized carbons (Fsp3) is 0.381. The van der Waals surface area contributed by atoms with Crippen LogP contribution in [0.3, 0.4) is 0 Å². The molecule has 4 rings (SSSR count). The minimum absolute atomic E-state index is 0.870. The lowest BCUT2D eigenvalue weighted by atomic mass is 9.90. The van der Waals surface area contributed by atoms with Crippen molar-refractivity contribution in [3.05, 3.63) is 58.9 Å². The van der Waals surface area contributed by atoms with Crippen molar-refractivity contribution in [1.82, 2.24) is 0 Å². The molecule has 0 amide bonds. The third-order valence-electron chi connectivity index (χ3n) is 5.10. The van der Waals surface area contributed by atoms with Crippen molar-refractivity contribution in [2.45, 2.75) is 32.2 Å². The van der Waals surface area contributed by atoms with Crippen molar-refractivity contribution in [2.24, 2.45) is 0 Å². The SMILES string of the molecule is SCC[n+]1ccc(/C=C/c2cc3c4c(c2)CCCN4CCC3)cc1. The Morgan fingerprint density at radius 1 is 0.958 bits per heavy atom. The van der Waals surface area contributed by atoms with Gasteiger partial charge in [0.05, 0.1) is 0 Å². The van der Waals surface area contributed by atoms with E-state index in [2.05, 4.69) is 70.9 Å². The van der Waals surface area contributed by atoms with Crippen molar-refractivity contribution in [3.63, 3.8) is 0 Å². The third-order valence-corrected chi connectivity index (χ3v) is 5.30. The van der Waals surface area contributed by atoms with Gasteiger partial charge in [-0.15, -0.1) is 0 Å². The van der Waals surface area contributed by atoms with Gasteiger partial charge in [-0.05, 0) is 60.1 Å². The highest BCUT2D eigenvalue weighted by Gasteiger charge is 2.23. The van der Waals surface area contributed by atoms with Crippen LogP contribution in [0.2, 0.25) is 0 Å². The second-order valence-electron chi connectivity index (χ2n) is 6.81. The molecule has 1 aromatic carbocycles. The van der Waals surface area contributed by atoms with E-state index in [0.717, 1.165) is 12.3 Å². The maximum atomic E-state index is 4.28. The van der Waals surface area contributed by atoms with E-state index in [1.165, 1.54) is 49.9 Å². The Balaban J connectivity index is 1.58. The molecule has 0 saturated carbocycles. The lowest BCUT2D eigenvalue weighted by Crippen LogP contribution is -2.34. The summed E-state index contributed by atoms with van der Waals surface area (Å²) in [6, 6.07) is 9.14. The molecule has 0 atom stereocenters. The first-order valence-corrected chi connectivity index (χ1v) is 9.65. The van der Waals surface area contributed by atoms with Gasteiger partial charge in [0, 0.05) is 36.7 Å². The van der Waals surface area contributed by atoms with Crippen molar-refractivity contribution in [2.75, 3.05) is 23.7 Å². The molecule has 2 aliphatic rings. The molecule has 3 heteroatoms. The van der Waals surface area contributed by atoms with Gasteiger partial charge in [-0.2, -0.15) is 12.6 Å². The van der Waals surface area contributed by atoms with Gasteiger partial charge in [0.25, 0.3) is 0 Å². The molecule has 0 bridgehead atoms. The molecular weight excluding hydrogens is 312 g/mol. The average molecular weight is 338 g/mol. The number of thiol groups is 1. The van der Waals surface area contributed by atoms with Gasteiger partial charge < -0.3 is 4.90 Å². The van der Waals surface area contributed by atoms with E-state index in [9.17, 15) is 0 Å². The van der Waals surface area contributed by atoms with Crippen LogP contribution >= 0.6 is 12.6 Å². The number of nitrogens with zero attached hydrogens (tertiary/aromatic N) is 2. The number of benzene rings is 1. The molecule has 0 fully saturated rings. The summed E-state index contributed by atoms with van der Waals surface area (Å²) >= 11 is 4.28. The molecule has 0 saturated heterocycles. The van der Waals surface area contributed by atoms with Crippen LogP contribution in [0.5, 0.6) is 0 Å². The highest BCUT2D eigenvalue weighted by molar-refractivity contribution is 7.80. The van der Waals surface area contributed by atoms with Crippen molar-refractivity contribution in [3.8, 4) is 0 Å². The van der Waals surface area contributed by atoms with Crippen LogP contribution in [0.1, 0.15) is 35.1 Å². The average Bonchev–Trinajstić information content (AvgIpc) is 2.62. The molecular formula is C21H25N2S+. The van der Waals surface area contributed by atoms with E-state index < -0.39 is 0 Å². The monoisotopic (exact) mass is 337 g/mol. The summed E-state index contributed by atoms with van der Waals surface area (Å²) in [6.07, 6.45) is 13.8. The summed E-state index contributed by atoms with van der Waals surface area (Å²) in [5.41, 5.74) is 7.26. The molecule has 1 aromatic heterocycles. The minimum Gasteiger partial charge on any atom is -0.371 e. The number of hydrogen-bond donors (Lipinski definition) is 1. The molecule has 124 valence electrons. The van der Waals surface area contributed by atoms with E-state index in [0.29, 0.717) is 0 Å². The molecule has 0 unspecified atom stereocenters. The van der Waals surface area contributed by atoms with Crippen LogP contribution in [0.25, 0.3) is 12.2 Å². The molecule has 0 spiro atoms. The second-order valence-corrected chi connectivity index (χ2v) is 7.26. The summed E-state index contributed by atoms with van der Waals surface area (Å²) in [6.45, 7) is 3.44. The zero-order valence-corrected chi connectivity index (χ0v) is 15.0. The Bertz CT molecular complexity index is 718. The number of pyridine rings is 1. The van der Waals surface area contributed by atoms with Crippen molar-refractivity contribution in [1.29, 1.82) is 0 Å². The standard InChI is InChI=1S/C21H24N2S/c24-14-13-22-11-7-17(8-12-22)5-6-18-15-19-3-1-9-23-10-2-4-20(16-18)21(19)23/h5-8,11-12,15-16H,1-4,9-10,13-14H2/p+1. The van der Waals surface area contributed by atoms with Crippen LogP contribution < -0.4 is 9.47 Å². The summed E-state index contributed by atoms with van der Waals surface area (Å²) in [4.78, 5) is 2.60. The highest BCUT2D eigenvalue weighted by Crippen LogP contribution is 2.36. The number of aryl methyl sites for hydroxylation is 3. The molecule has 2 aliphatic heterocycles. The predicted octanol–water partition coefficient (Wildman–Crippen LogP) is 3.77. The first-order chi connectivity index (χ1) is 11.8. The van der Waals surface area contributed by atoms with Crippen LogP contribution in [-0.4, -0.2) is 18.8 Å². The van der Waals surface area contributed by atoms with Gasteiger partial charge in [-0.1, -0.05) is 12.2 Å². The van der Waals surface area contributed by atoms with Gasteiger partial charge in [0.15, 0.2) is 18.9 Å². The first kappa shape index (κ1) is 15.8. The highest BCUT2D eigenvalue weighted by atomic mass is 32.1. The van der Waals surface area contributed by atoms with Crippen molar-refractivity contribution >= 4 is 30.5 Å². The molecule has 2 aromatic rings. The smallest absolute Gasteiger partial charge is 0.169 e. The Morgan fingerprint density at radius 3 is 2.21 bits per heavy atom. The fourth-order valence-corrected chi connectivity index (χ4v) is 4.19. The maximum absolute atomic E-state index is 4.28. The third kappa shape index (κ3) is 3.23. The van der Waals surface area contributed by atoms with Gasteiger partial charge >= 0.3 is 0 Å². The van der Waals surface area contributed by atoms with Gasteiger partial charge in [0.1, 0.15) is 0 Å².